The molecule has 0 heterocycles. The number of hydrogen-bond acceptors (Lipinski definition) is 7. The van der Waals surface area contributed by atoms with Gasteiger partial charge in [0.05, 0.1) is 18.3 Å². The smallest absolute Gasteiger partial charge is 0.550 e. The number of ether oxygens (including phenoxy) is 1. The van der Waals surface area contributed by atoms with E-state index in [1.54, 1.807) is 37.7 Å². The maximum Gasteiger partial charge on any atom is 1.00 e. The Bertz CT molecular complexity index is 1030. The number of phenols is 1. The van der Waals surface area contributed by atoms with Crippen LogP contribution in [0.3, 0.4) is 0 Å². The summed E-state index contributed by atoms with van der Waals surface area (Å²) in [4.78, 5) is 23.7. The van der Waals surface area contributed by atoms with Crippen LogP contribution in [0.2, 0.25) is 0 Å². The molecule has 2 N–H and O–H groups in total. The summed E-state index contributed by atoms with van der Waals surface area (Å²) < 4.78 is 6.74. The summed E-state index contributed by atoms with van der Waals surface area (Å²) in [6, 6.07) is 8.87. The molecule has 186 valence electrons. The van der Waals surface area contributed by atoms with Crippen molar-refractivity contribution < 1.29 is 59.2 Å². The molecule has 0 spiro atoms. The molecule has 2 aromatic rings. The molecule has 35 heavy (non-hydrogen) atoms. The quantitative estimate of drug-likeness (QED) is 0.163. The first-order valence-electron chi connectivity index (χ1n) is 11.3. The molecule has 0 fully saturated rings. The number of rotatable bonds is 13. The second kappa shape index (κ2) is 14.6. The average molecular weight is 575 g/mol. The van der Waals surface area contributed by atoms with Crippen molar-refractivity contribution in [1.82, 2.24) is 0 Å². The Hall–Kier alpha value is -1.03. The van der Waals surface area contributed by atoms with Gasteiger partial charge in [0.15, 0.2) is 5.78 Å². The zero-order valence-corrected chi connectivity index (χ0v) is 25.4. The van der Waals surface area contributed by atoms with Crippen molar-refractivity contribution in [2.24, 2.45) is 5.41 Å². The second-order valence-electron chi connectivity index (χ2n) is 8.92. The Balaban J connectivity index is 0.00000612. The fourth-order valence-electron chi connectivity index (χ4n) is 3.68. The molecule has 0 aliphatic carbocycles. The first-order valence-corrected chi connectivity index (χ1v) is 13.0. The number of halogens is 1. The Morgan fingerprint density at radius 3 is 2.49 bits per heavy atom. The van der Waals surface area contributed by atoms with Gasteiger partial charge in [-0.3, -0.25) is 4.79 Å². The number of benzene rings is 2. The molecule has 0 saturated heterocycles. The summed E-state index contributed by atoms with van der Waals surface area (Å²) in [6.45, 7) is 7.30. The number of hydrogen-bond donors (Lipinski definition) is 2. The molecule has 0 aromatic heterocycles. The summed E-state index contributed by atoms with van der Waals surface area (Å²) >= 11 is 5.18. The van der Waals surface area contributed by atoms with Crippen molar-refractivity contribution in [1.29, 1.82) is 0 Å². The summed E-state index contributed by atoms with van der Waals surface area (Å²) in [5.74, 6) is 0.0362. The number of ketones is 1. The monoisotopic (exact) mass is 574 g/mol. The number of aliphatic hydroxyl groups excluding tert-OH is 1. The van der Waals surface area contributed by atoms with E-state index >= 15 is 0 Å². The van der Waals surface area contributed by atoms with Gasteiger partial charge in [-0.05, 0) is 71.9 Å². The molecular formula is C26H32BrNaO6S. The summed E-state index contributed by atoms with van der Waals surface area (Å²) in [5, 5.41) is 32.0. The van der Waals surface area contributed by atoms with E-state index in [0.29, 0.717) is 35.5 Å². The van der Waals surface area contributed by atoms with Crippen molar-refractivity contribution in [3.8, 4) is 11.5 Å². The van der Waals surface area contributed by atoms with Crippen molar-refractivity contribution >= 4 is 39.4 Å². The van der Waals surface area contributed by atoms with Crippen LogP contribution in [0.25, 0.3) is 0 Å². The first-order chi connectivity index (χ1) is 16.0. The van der Waals surface area contributed by atoms with Gasteiger partial charge in [0.25, 0.3) is 0 Å². The van der Waals surface area contributed by atoms with Crippen molar-refractivity contribution in [3.05, 3.63) is 51.5 Å². The summed E-state index contributed by atoms with van der Waals surface area (Å²) in [5.41, 5.74) is 0.773. The van der Waals surface area contributed by atoms with Crippen molar-refractivity contribution in [3.63, 3.8) is 0 Å². The van der Waals surface area contributed by atoms with Crippen LogP contribution in [0, 0.1) is 5.41 Å². The number of thioether (sulfide) groups is 1. The van der Waals surface area contributed by atoms with Gasteiger partial charge in [-0.1, -0.05) is 33.3 Å². The van der Waals surface area contributed by atoms with E-state index in [9.17, 15) is 24.9 Å². The van der Waals surface area contributed by atoms with Gasteiger partial charge >= 0.3 is 29.6 Å². The summed E-state index contributed by atoms with van der Waals surface area (Å²) in [6.07, 6.45) is 1.04. The van der Waals surface area contributed by atoms with Crippen LogP contribution in [0.4, 0.5) is 0 Å². The fourth-order valence-corrected chi connectivity index (χ4v) is 5.26. The van der Waals surface area contributed by atoms with Crippen LogP contribution in [0.5, 0.6) is 11.5 Å². The fraction of sp³-hybridized carbons (Fsp3) is 0.462. The van der Waals surface area contributed by atoms with E-state index in [-0.39, 0.29) is 47.5 Å². The van der Waals surface area contributed by atoms with Crippen LogP contribution in [0.1, 0.15) is 74.5 Å². The molecule has 2 rings (SSSR count). The predicted octanol–water partition coefficient (Wildman–Crippen LogP) is 2.07. The van der Waals surface area contributed by atoms with E-state index < -0.39 is 17.5 Å². The number of aromatic hydroxyl groups is 1. The molecule has 1 atom stereocenters. The SMILES string of the molecule is CCCc1c(OCCCSc2ccc(C(O)C(C)(C)CC(=O)[O-])cc2Br)ccc(C(C)=O)c1O.[Na+]. The van der Waals surface area contributed by atoms with Gasteiger partial charge in [-0.2, -0.15) is 0 Å². The van der Waals surface area contributed by atoms with Gasteiger partial charge in [-0.15, -0.1) is 11.8 Å². The number of carbonyl (C=O) groups is 2. The zero-order valence-electron chi connectivity index (χ0n) is 21.0. The molecule has 0 aliphatic heterocycles. The zero-order chi connectivity index (χ0) is 25.5. The van der Waals surface area contributed by atoms with Crippen LogP contribution in [-0.2, 0) is 11.2 Å². The van der Waals surface area contributed by atoms with Gasteiger partial charge in [-0.25, -0.2) is 0 Å². The van der Waals surface area contributed by atoms with E-state index in [1.165, 1.54) is 6.92 Å². The Labute approximate surface area is 242 Å². The number of carbonyl (C=O) groups excluding carboxylic acids is 2. The van der Waals surface area contributed by atoms with E-state index in [4.69, 9.17) is 4.74 Å². The minimum absolute atomic E-state index is 0. The number of aliphatic carboxylic acids is 1. The molecule has 1 unspecified atom stereocenters. The topological polar surface area (TPSA) is 107 Å². The van der Waals surface area contributed by atoms with Crippen molar-refractivity contribution in [2.45, 2.75) is 64.4 Å². The number of carboxylic acids is 1. The van der Waals surface area contributed by atoms with Crippen LogP contribution in [-0.4, -0.2) is 34.3 Å². The molecule has 0 bridgehead atoms. The van der Waals surface area contributed by atoms with Crippen LogP contribution < -0.4 is 39.4 Å². The van der Waals surface area contributed by atoms with E-state index in [2.05, 4.69) is 15.9 Å². The van der Waals surface area contributed by atoms with Gasteiger partial charge < -0.3 is 24.9 Å². The number of phenolic OH excluding ortho intramolecular Hbond substituents is 1. The molecule has 2 aromatic carbocycles. The molecule has 0 radical (unpaired) electrons. The Morgan fingerprint density at radius 1 is 1.23 bits per heavy atom. The largest absolute Gasteiger partial charge is 1.00 e. The van der Waals surface area contributed by atoms with Gasteiger partial charge in [0, 0.05) is 32.1 Å². The van der Waals surface area contributed by atoms with Gasteiger partial charge in [0.2, 0.25) is 0 Å². The van der Waals surface area contributed by atoms with Gasteiger partial charge in [0.1, 0.15) is 11.5 Å². The Morgan fingerprint density at radius 2 is 1.91 bits per heavy atom. The normalized spacial score (nSPS) is 12.1. The molecule has 0 aliphatic rings. The third-order valence-corrected chi connectivity index (χ3v) is 7.61. The molecule has 9 heteroatoms. The Kier molecular flexibility index (Phi) is 13.4. The second-order valence-corrected chi connectivity index (χ2v) is 10.9. The molecule has 0 saturated carbocycles. The van der Waals surface area contributed by atoms with E-state index in [1.807, 2.05) is 25.1 Å². The minimum Gasteiger partial charge on any atom is -0.550 e. The molecular weight excluding hydrogens is 543 g/mol. The third-order valence-electron chi connectivity index (χ3n) is 5.53. The number of aliphatic hydroxyl groups is 1. The third kappa shape index (κ3) is 9.09. The predicted molar refractivity (Wildman–Crippen MR) is 135 cm³/mol. The number of carboxylic acid groups (broad SMARTS) is 1. The van der Waals surface area contributed by atoms with Crippen LogP contribution in [0.15, 0.2) is 39.7 Å². The number of Topliss-reactive ketones (excluding diaryl/α,β-unsaturated/α-hetero) is 1. The maximum absolute atomic E-state index is 11.7. The molecule has 0 amide bonds. The van der Waals surface area contributed by atoms with Crippen LogP contribution >= 0.6 is 27.7 Å². The standard InChI is InChI=1S/C26H33BrO6S.Na/c1-5-7-19-21(10-9-18(16(2)28)24(19)31)33-12-6-13-34-22-11-8-17(14-20(22)27)25(32)26(3,4)15-23(29)30;/h8-11,14,25,31-32H,5-7,12-13,15H2,1-4H3,(H,29,30);/q;+1/p-1. The van der Waals surface area contributed by atoms with E-state index in [0.717, 1.165) is 28.0 Å². The maximum atomic E-state index is 11.7. The summed E-state index contributed by atoms with van der Waals surface area (Å²) in [7, 11) is 0. The van der Waals surface area contributed by atoms with Crippen molar-refractivity contribution in [2.75, 3.05) is 12.4 Å². The minimum atomic E-state index is -1.19. The average Bonchev–Trinajstić information content (AvgIpc) is 2.75. The molecule has 6 nitrogen and oxygen atoms in total. The first kappa shape index (κ1) is 32.0.